The maximum Gasteiger partial charge on any atom is 0.253 e. The van der Waals surface area contributed by atoms with E-state index in [-0.39, 0.29) is 23.5 Å². The monoisotopic (exact) mass is 384 g/mol. The number of nitrogens with zero attached hydrogens (tertiary/aromatic N) is 1. The molecule has 0 saturated carbocycles. The molecule has 2 aromatic carbocycles. The fourth-order valence-corrected chi connectivity index (χ4v) is 3.52. The predicted molar refractivity (Wildman–Crippen MR) is 105 cm³/mol. The molecule has 0 spiro atoms. The van der Waals surface area contributed by atoms with Gasteiger partial charge in [0.25, 0.3) is 5.91 Å². The number of hydrogen-bond donors (Lipinski definition) is 1. The molecule has 0 radical (unpaired) electrons. The lowest BCUT2D eigenvalue weighted by atomic mass is 9.96. The van der Waals surface area contributed by atoms with Crippen molar-refractivity contribution < 1.29 is 18.7 Å². The van der Waals surface area contributed by atoms with Crippen molar-refractivity contribution in [2.24, 2.45) is 5.92 Å². The van der Waals surface area contributed by atoms with Gasteiger partial charge in [-0.3, -0.25) is 9.59 Å². The van der Waals surface area contributed by atoms with E-state index in [1.54, 1.807) is 12.0 Å². The summed E-state index contributed by atoms with van der Waals surface area (Å²) < 4.78 is 18.4. The first-order valence-electron chi connectivity index (χ1n) is 9.53. The molecule has 1 atom stereocenters. The van der Waals surface area contributed by atoms with Crippen LogP contribution in [0.25, 0.3) is 0 Å². The molecule has 1 aliphatic heterocycles. The van der Waals surface area contributed by atoms with Gasteiger partial charge in [-0.2, -0.15) is 0 Å². The van der Waals surface area contributed by atoms with Gasteiger partial charge in [0.05, 0.1) is 13.0 Å². The molecule has 0 aromatic heterocycles. The number of para-hydroxylation sites is 1. The van der Waals surface area contributed by atoms with Gasteiger partial charge in [0, 0.05) is 25.2 Å². The Morgan fingerprint density at radius 3 is 2.68 bits per heavy atom. The van der Waals surface area contributed by atoms with Gasteiger partial charge in [-0.1, -0.05) is 18.2 Å². The molecule has 3 rings (SSSR count). The van der Waals surface area contributed by atoms with Crippen LogP contribution in [0.3, 0.4) is 0 Å². The molecule has 2 aromatic rings. The molecule has 1 N–H and O–H groups in total. The summed E-state index contributed by atoms with van der Waals surface area (Å²) in [5.41, 5.74) is 1.49. The zero-order valence-electron chi connectivity index (χ0n) is 16.0. The van der Waals surface area contributed by atoms with Crippen molar-refractivity contribution in [3.8, 4) is 5.75 Å². The molecule has 1 saturated heterocycles. The Morgan fingerprint density at radius 1 is 1.18 bits per heavy atom. The maximum absolute atomic E-state index is 13.1. The summed E-state index contributed by atoms with van der Waals surface area (Å²) in [5, 5.41) is 2.98. The number of halogens is 1. The minimum Gasteiger partial charge on any atom is -0.496 e. The van der Waals surface area contributed by atoms with Crippen molar-refractivity contribution >= 4 is 11.8 Å². The zero-order chi connectivity index (χ0) is 19.9. The molecule has 1 aliphatic rings. The SMILES string of the molecule is COc1ccccc1CCNC(=O)[C@H]1CCCN(C(=O)c2ccc(F)cc2)C1. The molecule has 28 heavy (non-hydrogen) atoms. The second-order valence-corrected chi connectivity index (χ2v) is 6.95. The number of nitrogens with one attached hydrogen (secondary N) is 1. The Kier molecular flexibility index (Phi) is 6.63. The van der Waals surface area contributed by atoms with Crippen LogP contribution in [0.5, 0.6) is 5.75 Å². The highest BCUT2D eigenvalue weighted by Crippen LogP contribution is 2.20. The van der Waals surface area contributed by atoms with E-state index >= 15 is 0 Å². The summed E-state index contributed by atoms with van der Waals surface area (Å²) in [7, 11) is 1.63. The second-order valence-electron chi connectivity index (χ2n) is 6.95. The predicted octanol–water partition coefficient (Wildman–Crippen LogP) is 3.05. The van der Waals surface area contributed by atoms with Crippen LogP contribution in [-0.4, -0.2) is 43.5 Å². The Bertz CT molecular complexity index is 823. The minimum atomic E-state index is -0.373. The summed E-state index contributed by atoms with van der Waals surface area (Å²) in [6.45, 7) is 1.51. The van der Waals surface area contributed by atoms with E-state index in [4.69, 9.17) is 4.74 Å². The lowest BCUT2D eigenvalue weighted by Gasteiger charge is -2.32. The number of methoxy groups -OCH3 is 1. The van der Waals surface area contributed by atoms with E-state index in [1.807, 2.05) is 24.3 Å². The molecule has 1 fully saturated rings. The standard InChI is InChI=1S/C22H25FN2O3/c1-28-20-7-3-2-5-16(20)12-13-24-21(26)18-6-4-14-25(15-18)22(27)17-8-10-19(23)11-9-17/h2-3,5,7-11,18H,4,6,12-15H2,1H3,(H,24,26)/t18-/m0/s1. The summed E-state index contributed by atoms with van der Waals surface area (Å²) in [6.07, 6.45) is 2.21. The average molecular weight is 384 g/mol. The van der Waals surface area contributed by atoms with Crippen molar-refractivity contribution in [1.29, 1.82) is 0 Å². The number of benzene rings is 2. The number of carbonyl (C=O) groups is 2. The normalized spacial score (nSPS) is 16.5. The van der Waals surface area contributed by atoms with Crippen molar-refractivity contribution in [1.82, 2.24) is 10.2 Å². The van der Waals surface area contributed by atoms with Crippen LogP contribution in [0.1, 0.15) is 28.8 Å². The van der Waals surface area contributed by atoms with Gasteiger partial charge in [-0.25, -0.2) is 4.39 Å². The Hall–Kier alpha value is -2.89. The quantitative estimate of drug-likeness (QED) is 0.833. The summed E-state index contributed by atoms with van der Waals surface area (Å²) in [4.78, 5) is 26.9. The summed E-state index contributed by atoms with van der Waals surface area (Å²) >= 11 is 0. The van der Waals surface area contributed by atoms with E-state index in [1.165, 1.54) is 24.3 Å². The van der Waals surface area contributed by atoms with Crippen LogP contribution in [0.15, 0.2) is 48.5 Å². The molecule has 0 aliphatic carbocycles. The Labute approximate surface area is 164 Å². The van der Waals surface area contributed by atoms with Crippen molar-refractivity contribution in [3.63, 3.8) is 0 Å². The number of carbonyl (C=O) groups excluding carboxylic acids is 2. The summed E-state index contributed by atoms with van der Waals surface area (Å²) in [5.74, 6) is 0.0156. The van der Waals surface area contributed by atoms with Crippen LogP contribution in [0.4, 0.5) is 4.39 Å². The molecule has 2 amide bonds. The number of amides is 2. The van der Waals surface area contributed by atoms with E-state index in [9.17, 15) is 14.0 Å². The molecule has 0 unspecified atom stereocenters. The number of rotatable bonds is 6. The molecular weight excluding hydrogens is 359 g/mol. The van der Waals surface area contributed by atoms with E-state index < -0.39 is 0 Å². The van der Waals surface area contributed by atoms with Crippen LogP contribution >= 0.6 is 0 Å². The number of hydrogen-bond acceptors (Lipinski definition) is 3. The third kappa shape index (κ3) is 4.88. The fourth-order valence-electron chi connectivity index (χ4n) is 3.52. The highest BCUT2D eigenvalue weighted by molar-refractivity contribution is 5.94. The first-order chi connectivity index (χ1) is 13.6. The Balaban J connectivity index is 1.52. The lowest BCUT2D eigenvalue weighted by molar-refractivity contribution is -0.126. The van der Waals surface area contributed by atoms with Gasteiger partial charge in [0.15, 0.2) is 0 Å². The Morgan fingerprint density at radius 2 is 1.93 bits per heavy atom. The van der Waals surface area contributed by atoms with Crippen LogP contribution in [0, 0.1) is 11.7 Å². The molecular formula is C22H25FN2O3. The van der Waals surface area contributed by atoms with Crippen molar-refractivity contribution in [3.05, 3.63) is 65.5 Å². The first-order valence-corrected chi connectivity index (χ1v) is 9.53. The number of piperidine rings is 1. The second kappa shape index (κ2) is 9.35. The first kappa shape index (κ1) is 19.9. The smallest absolute Gasteiger partial charge is 0.253 e. The van der Waals surface area contributed by atoms with Crippen molar-refractivity contribution in [2.75, 3.05) is 26.7 Å². The van der Waals surface area contributed by atoms with Crippen LogP contribution < -0.4 is 10.1 Å². The van der Waals surface area contributed by atoms with Gasteiger partial charge in [0.2, 0.25) is 5.91 Å². The zero-order valence-corrected chi connectivity index (χ0v) is 16.0. The highest BCUT2D eigenvalue weighted by atomic mass is 19.1. The molecule has 5 nitrogen and oxygen atoms in total. The van der Waals surface area contributed by atoms with Crippen molar-refractivity contribution in [2.45, 2.75) is 19.3 Å². The third-order valence-corrected chi connectivity index (χ3v) is 5.06. The highest BCUT2D eigenvalue weighted by Gasteiger charge is 2.28. The van der Waals surface area contributed by atoms with Gasteiger partial charge in [0.1, 0.15) is 11.6 Å². The van der Waals surface area contributed by atoms with Gasteiger partial charge in [-0.05, 0) is 55.2 Å². The average Bonchev–Trinajstić information content (AvgIpc) is 2.74. The number of ether oxygens (including phenoxy) is 1. The summed E-state index contributed by atoms with van der Waals surface area (Å²) in [6, 6.07) is 13.3. The number of likely N-dealkylation sites (tertiary alicyclic amines) is 1. The van der Waals surface area contributed by atoms with E-state index in [2.05, 4.69) is 5.32 Å². The minimum absolute atomic E-state index is 0.0356. The molecule has 1 heterocycles. The molecule has 0 bridgehead atoms. The molecule has 6 heteroatoms. The van der Waals surface area contributed by atoms with E-state index in [0.29, 0.717) is 31.6 Å². The lowest BCUT2D eigenvalue weighted by Crippen LogP contribution is -2.45. The van der Waals surface area contributed by atoms with Crippen LogP contribution in [-0.2, 0) is 11.2 Å². The topological polar surface area (TPSA) is 58.6 Å². The van der Waals surface area contributed by atoms with Gasteiger partial charge < -0.3 is 15.0 Å². The molecule has 148 valence electrons. The maximum atomic E-state index is 13.1. The fraction of sp³-hybridized carbons (Fsp3) is 0.364. The third-order valence-electron chi connectivity index (χ3n) is 5.06. The van der Waals surface area contributed by atoms with Crippen LogP contribution in [0.2, 0.25) is 0 Å². The van der Waals surface area contributed by atoms with Gasteiger partial charge in [-0.15, -0.1) is 0 Å². The van der Waals surface area contributed by atoms with Gasteiger partial charge >= 0.3 is 0 Å². The van der Waals surface area contributed by atoms with E-state index in [0.717, 1.165) is 24.2 Å². The largest absolute Gasteiger partial charge is 0.496 e.